The monoisotopic (exact) mass is 481 g/mol. The summed E-state index contributed by atoms with van der Waals surface area (Å²) in [6.07, 6.45) is 0.755. The molecule has 0 aliphatic rings. The van der Waals surface area contributed by atoms with E-state index in [9.17, 15) is 4.57 Å². The van der Waals surface area contributed by atoms with Gasteiger partial charge in [0.05, 0.1) is 7.11 Å². The Morgan fingerprint density at radius 2 is 1.42 bits per heavy atom. The highest BCUT2D eigenvalue weighted by atomic mass is 32.1. The number of rotatable bonds is 10. The number of methoxy groups -OCH3 is 1. The first-order valence-electron chi connectivity index (χ1n) is 10.4. The predicted molar refractivity (Wildman–Crippen MR) is 130 cm³/mol. The van der Waals surface area contributed by atoms with E-state index in [-0.39, 0.29) is 0 Å². The third-order valence-electron chi connectivity index (χ3n) is 4.73. The molecule has 0 saturated carbocycles. The highest BCUT2D eigenvalue weighted by molar-refractivity contribution is 7.55. The van der Waals surface area contributed by atoms with Gasteiger partial charge in [-0.05, 0) is 48.4 Å². The Bertz CT molecular complexity index is 1160. The molecule has 4 aromatic rings. The van der Waals surface area contributed by atoms with Crippen LogP contribution in [0.25, 0.3) is 0 Å². The molecule has 33 heavy (non-hydrogen) atoms. The van der Waals surface area contributed by atoms with Crippen LogP contribution < -0.4 is 19.1 Å². The minimum atomic E-state index is -3.90. The lowest BCUT2D eigenvalue weighted by atomic mass is 10.2. The van der Waals surface area contributed by atoms with Crippen molar-refractivity contribution in [1.29, 1.82) is 0 Å². The van der Waals surface area contributed by atoms with Crippen molar-refractivity contribution in [3.05, 3.63) is 95.5 Å². The van der Waals surface area contributed by atoms with E-state index < -0.39 is 13.4 Å². The Balaban J connectivity index is 1.78. The summed E-state index contributed by atoms with van der Waals surface area (Å²) in [4.78, 5) is 0. The first-order valence-corrected chi connectivity index (χ1v) is 12.8. The molecular weight excluding hydrogens is 457 g/mol. The molecule has 1 N–H and O–H groups in total. The lowest BCUT2D eigenvalue weighted by Gasteiger charge is -2.28. The van der Waals surface area contributed by atoms with Gasteiger partial charge < -0.3 is 19.1 Å². The van der Waals surface area contributed by atoms with E-state index in [1.54, 1.807) is 43.5 Å². The first-order chi connectivity index (χ1) is 16.1. The fourth-order valence-corrected chi connectivity index (χ4v) is 5.78. The van der Waals surface area contributed by atoms with Crippen molar-refractivity contribution >= 4 is 24.1 Å². The molecule has 0 radical (unpaired) electrons. The molecule has 0 saturated heterocycles. The van der Waals surface area contributed by atoms with Gasteiger partial charge in [-0.2, -0.15) is 0 Å². The molecule has 0 fully saturated rings. The summed E-state index contributed by atoms with van der Waals surface area (Å²) < 4.78 is 32.0. The highest BCUT2D eigenvalue weighted by Crippen LogP contribution is 2.60. The van der Waals surface area contributed by atoms with Gasteiger partial charge in [-0.25, -0.2) is 4.57 Å². The topological polar surface area (TPSA) is 82.6 Å². The second kappa shape index (κ2) is 10.5. The van der Waals surface area contributed by atoms with Crippen molar-refractivity contribution in [1.82, 2.24) is 10.2 Å². The molecule has 0 spiro atoms. The van der Waals surface area contributed by atoms with Crippen LogP contribution in [0.4, 0.5) is 5.13 Å². The molecule has 0 amide bonds. The number of anilines is 1. The Morgan fingerprint density at radius 1 is 0.848 bits per heavy atom. The number of aromatic nitrogens is 2. The molecular formula is C24H24N3O4PS. The van der Waals surface area contributed by atoms with Gasteiger partial charge in [0, 0.05) is 0 Å². The molecule has 1 aromatic heterocycles. The minimum Gasteiger partial charge on any atom is -0.497 e. The minimum absolute atomic E-state index is 0.434. The Hall–Kier alpha value is -3.35. The molecule has 4 rings (SSSR count). The quantitative estimate of drug-likeness (QED) is 0.257. The van der Waals surface area contributed by atoms with Crippen LogP contribution in [0.1, 0.15) is 23.3 Å². The van der Waals surface area contributed by atoms with Gasteiger partial charge in [-0.3, -0.25) is 0 Å². The predicted octanol–water partition coefficient (Wildman–Crippen LogP) is 6.57. The summed E-state index contributed by atoms with van der Waals surface area (Å²) in [5.41, 5.74) is 0.694. The smallest absolute Gasteiger partial charge is 0.457 e. The Kier molecular flexibility index (Phi) is 7.27. The van der Waals surface area contributed by atoms with E-state index in [2.05, 4.69) is 15.5 Å². The second-order valence-corrected chi connectivity index (χ2v) is 10.0. The van der Waals surface area contributed by atoms with Crippen LogP contribution in [0.5, 0.6) is 17.2 Å². The van der Waals surface area contributed by atoms with Crippen molar-refractivity contribution in [2.75, 3.05) is 12.4 Å². The molecule has 1 heterocycles. The number of para-hydroxylation sites is 2. The summed E-state index contributed by atoms with van der Waals surface area (Å²) in [7, 11) is -2.30. The zero-order valence-electron chi connectivity index (χ0n) is 18.3. The van der Waals surface area contributed by atoms with Crippen LogP contribution in [-0.2, 0) is 11.0 Å². The standard InChI is InChI=1S/C24H24N3O4PS/c1-3-22-26-27-24(33-22)25-23(18-14-16-19(29-2)17-15-18)32(28,30-20-10-6-4-7-11-20)31-21-12-8-5-9-13-21/h4-17,23H,3H2,1-2H3,(H,25,27)/t23-/m0/s1. The van der Waals surface area contributed by atoms with Crippen molar-refractivity contribution < 1.29 is 18.3 Å². The van der Waals surface area contributed by atoms with E-state index in [0.717, 1.165) is 11.4 Å². The van der Waals surface area contributed by atoms with E-state index in [1.165, 1.54) is 11.3 Å². The molecule has 3 aromatic carbocycles. The third kappa shape index (κ3) is 5.72. The maximum atomic E-state index is 14.5. The third-order valence-corrected chi connectivity index (χ3v) is 7.72. The van der Waals surface area contributed by atoms with Gasteiger partial charge in [0.25, 0.3) is 0 Å². The van der Waals surface area contributed by atoms with E-state index in [4.69, 9.17) is 13.8 Å². The molecule has 0 aliphatic heterocycles. The number of nitrogens with zero attached hydrogens (tertiary/aromatic N) is 2. The number of aryl methyl sites for hydroxylation is 1. The van der Waals surface area contributed by atoms with Crippen LogP contribution in [0, 0.1) is 0 Å². The van der Waals surface area contributed by atoms with Crippen molar-refractivity contribution in [2.45, 2.75) is 19.1 Å². The summed E-state index contributed by atoms with van der Waals surface area (Å²) in [5, 5.41) is 13.0. The summed E-state index contributed by atoms with van der Waals surface area (Å²) >= 11 is 1.40. The van der Waals surface area contributed by atoms with Crippen LogP contribution in [0.2, 0.25) is 0 Å². The van der Waals surface area contributed by atoms with Crippen molar-refractivity contribution in [3.8, 4) is 17.2 Å². The van der Waals surface area contributed by atoms with Crippen molar-refractivity contribution in [2.24, 2.45) is 0 Å². The lowest BCUT2D eigenvalue weighted by Crippen LogP contribution is -2.18. The maximum Gasteiger partial charge on any atom is 0.457 e. The first kappa shape index (κ1) is 22.8. The number of benzene rings is 3. The average Bonchev–Trinajstić information content (AvgIpc) is 3.32. The van der Waals surface area contributed by atoms with E-state index in [1.807, 2.05) is 55.5 Å². The van der Waals surface area contributed by atoms with Gasteiger partial charge >= 0.3 is 7.60 Å². The van der Waals surface area contributed by atoms with Crippen LogP contribution in [0.15, 0.2) is 84.9 Å². The van der Waals surface area contributed by atoms with Crippen molar-refractivity contribution in [3.63, 3.8) is 0 Å². The fraction of sp³-hybridized carbons (Fsp3) is 0.167. The summed E-state index contributed by atoms with van der Waals surface area (Å²) in [6.45, 7) is 2.01. The SMILES string of the molecule is CCc1nnc(N[C@H](c2ccc(OC)cc2)P(=O)(Oc2ccccc2)Oc2ccccc2)s1. The van der Waals surface area contributed by atoms with Gasteiger partial charge in [0.2, 0.25) is 5.13 Å². The highest BCUT2D eigenvalue weighted by Gasteiger charge is 2.41. The zero-order valence-corrected chi connectivity index (χ0v) is 20.0. The fourth-order valence-electron chi connectivity index (χ4n) is 3.08. The molecule has 0 aliphatic carbocycles. The molecule has 0 bridgehead atoms. The van der Waals surface area contributed by atoms with E-state index >= 15 is 0 Å². The summed E-state index contributed by atoms with van der Waals surface area (Å²) in [6, 6.07) is 25.2. The number of hydrogen-bond acceptors (Lipinski definition) is 8. The molecule has 1 atom stereocenters. The maximum absolute atomic E-state index is 14.5. The number of ether oxygens (including phenoxy) is 1. The van der Waals surface area contributed by atoms with Gasteiger partial charge in [-0.1, -0.05) is 66.8 Å². The number of nitrogens with one attached hydrogen (secondary N) is 1. The normalized spacial score (nSPS) is 12.1. The molecule has 170 valence electrons. The Morgan fingerprint density at radius 3 is 1.91 bits per heavy atom. The van der Waals surface area contributed by atoms with Gasteiger partial charge in [-0.15, -0.1) is 10.2 Å². The van der Waals surface area contributed by atoms with E-state index in [0.29, 0.717) is 27.9 Å². The molecule has 9 heteroatoms. The van der Waals surface area contributed by atoms with Gasteiger partial charge in [0.1, 0.15) is 22.3 Å². The number of hydrogen-bond donors (Lipinski definition) is 1. The average molecular weight is 482 g/mol. The van der Waals surface area contributed by atoms with Crippen LogP contribution in [0.3, 0.4) is 0 Å². The Labute approximate surface area is 196 Å². The lowest BCUT2D eigenvalue weighted by molar-refractivity contribution is 0.376. The van der Waals surface area contributed by atoms with Gasteiger partial charge in [0.15, 0.2) is 5.78 Å². The molecule has 0 unspecified atom stereocenters. The largest absolute Gasteiger partial charge is 0.497 e. The van der Waals surface area contributed by atoms with Crippen LogP contribution >= 0.6 is 18.9 Å². The summed E-state index contributed by atoms with van der Waals surface area (Å²) in [5.74, 6) is 0.693. The van der Waals surface area contributed by atoms with Crippen LogP contribution in [-0.4, -0.2) is 17.3 Å². The molecule has 7 nitrogen and oxygen atoms in total. The second-order valence-electron chi connectivity index (χ2n) is 7.02. The zero-order chi connectivity index (χ0) is 23.1.